The Morgan fingerprint density at radius 1 is 1.31 bits per heavy atom. The van der Waals surface area contributed by atoms with Crippen LogP contribution in [0, 0.1) is 0 Å². The molecule has 1 fully saturated rings. The van der Waals surface area contributed by atoms with Crippen molar-refractivity contribution in [1.82, 2.24) is 0 Å². The third-order valence-corrected chi connectivity index (χ3v) is 2.52. The smallest absolute Gasteiger partial charge is 0.303 e. The van der Waals surface area contributed by atoms with Crippen molar-refractivity contribution in [3.8, 4) is 0 Å². The standard InChI is InChI=1S/C11H18O2/c12-11(13)9-5-4-8-10-6-2-1-3-7-10/h8H,1-7,9H2,(H,12,13). The topological polar surface area (TPSA) is 37.3 Å². The molecule has 2 nitrogen and oxygen atoms in total. The van der Waals surface area contributed by atoms with E-state index in [9.17, 15) is 4.79 Å². The number of carboxylic acids is 1. The van der Waals surface area contributed by atoms with Gasteiger partial charge in [-0.15, -0.1) is 0 Å². The first-order valence-electron chi connectivity index (χ1n) is 5.19. The summed E-state index contributed by atoms with van der Waals surface area (Å²) in [5.41, 5.74) is 1.55. The minimum Gasteiger partial charge on any atom is -0.481 e. The maximum Gasteiger partial charge on any atom is 0.303 e. The van der Waals surface area contributed by atoms with Crippen LogP contribution < -0.4 is 0 Å². The Kier molecular flexibility index (Phi) is 4.58. The first-order valence-corrected chi connectivity index (χ1v) is 5.19. The van der Waals surface area contributed by atoms with Crippen molar-refractivity contribution in [3.05, 3.63) is 11.6 Å². The second kappa shape index (κ2) is 5.79. The zero-order valence-electron chi connectivity index (χ0n) is 8.09. The van der Waals surface area contributed by atoms with E-state index in [1.807, 2.05) is 0 Å². The van der Waals surface area contributed by atoms with Crippen LogP contribution >= 0.6 is 0 Å². The summed E-state index contributed by atoms with van der Waals surface area (Å²) in [6.45, 7) is 0. The highest BCUT2D eigenvalue weighted by molar-refractivity contribution is 5.66. The maximum absolute atomic E-state index is 10.2. The van der Waals surface area contributed by atoms with Crippen LogP contribution in [0.25, 0.3) is 0 Å². The molecule has 0 spiro atoms. The van der Waals surface area contributed by atoms with Gasteiger partial charge in [0.1, 0.15) is 0 Å². The van der Waals surface area contributed by atoms with Crippen molar-refractivity contribution in [2.45, 2.75) is 51.4 Å². The zero-order valence-corrected chi connectivity index (χ0v) is 8.09. The van der Waals surface area contributed by atoms with Crippen LogP contribution in [0.2, 0.25) is 0 Å². The van der Waals surface area contributed by atoms with E-state index >= 15 is 0 Å². The molecule has 0 unspecified atom stereocenters. The van der Waals surface area contributed by atoms with Gasteiger partial charge in [-0.2, -0.15) is 0 Å². The molecule has 0 aromatic rings. The van der Waals surface area contributed by atoms with Gasteiger partial charge in [0.05, 0.1) is 0 Å². The summed E-state index contributed by atoms with van der Waals surface area (Å²) in [6.07, 6.45) is 10.8. The van der Waals surface area contributed by atoms with E-state index in [0.29, 0.717) is 6.42 Å². The Morgan fingerprint density at radius 2 is 2.00 bits per heavy atom. The predicted molar refractivity (Wildman–Crippen MR) is 52.7 cm³/mol. The lowest BCUT2D eigenvalue weighted by atomic mass is 9.94. The number of hydrogen-bond acceptors (Lipinski definition) is 1. The number of rotatable bonds is 4. The van der Waals surface area contributed by atoms with Crippen LogP contribution in [0.4, 0.5) is 0 Å². The van der Waals surface area contributed by atoms with Crippen molar-refractivity contribution in [3.63, 3.8) is 0 Å². The van der Waals surface area contributed by atoms with Crippen molar-refractivity contribution < 1.29 is 9.90 Å². The van der Waals surface area contributed by atoms with Crippen molar-refractivity contribution in [2.24, 2.45) is 0 Å². The fraction of sp³-hybridized carbons (Fsp3) is 0.727. The van der Waals surface area contributed by atoms with Crippen LogP contribution in [-0.4, -0.2) is 11.1 Å². The highest BCUT2D eigenvalue weighted by Gasteiger charge is 2.04. The van der Waals surface area contributed by atoms with Gasteiger partial charge in [-0.05, 0) is 38.5 Å². The second-order valence-corrected chi connectivity index (χ2v) is 3.71. The average Bonchev–Trinajstić information content (AvgIpc) is 2.14. The molecule has 0 bridgehead atoms. The Bertz CT molecular complexity index is 186. The zero-order chi connectivity index (χ0) is 9.52. The number of aliphatic carboxylic acids is 1. The van der Waals surface area contributed by atoms with E-state index in [1.165, 1.54) is 32.1 Å². The monoisotopic (exact) mass is 182 g/mol. The summed E-state index contributed by atoms with van der Waals surface area (Å²) in [5.74, 6) is -0.679. The van der Waals surface area contributed by atoms with Gasteiger partial charge in [0.25, 0.3) is 0 Å². The summed E-state index contributed by atoms with van der Waals surface area (Å²) in [7, 11) is 0. The van der Waals surface area contributed by atoms with Crippen LogP contribution in [0.15, 0.2) is 11.6 Å². The summed E-state index contributed by atoms with van der Waals surface area (Å²) < 4.78 is 0. The normalized spacial score (nSPS) is 17.1. The second-order valence-electron chi connectivity index (χ2n) is 3.71. The molecule has 0 radical (unpaired) electrons. The summed E-state index contributed by atoms with van der Waals surface area (Å²) >= 11 is 0. The van der Waals surface area contributed by atoms with Gasteiger partial charge in [-0.3, -0.25) is 4.79 Å². The van der Waals surface area contributed by atoms with E-state index in [-0.39, 0.29) is 0 Å². The molecule has 0 heterocycles. The SMILES string of the molecule is O=C(O)CCCC=C1CCCCC1. The molecule has 1 rings (SSSR count). The van der Waals surface area contributed by atoms with Crippen molar-refractivity contribution >= 4 is 5.97 Å². The van der Waals surface area contributed by atoms with E-state index in [1.54, 1.807) is 5.57 Å². The molecule has 1 N–H and O–H groups in total. The Morgan fingerprint density at radius 3 is 2.62 bits per heavy atom. The van der Waals surface area contributed by atoms with E-state index in [0.717, 1.165) is 12.8 Å². The van der Waals surface area contributed by atoms with Crippen LogP contribution in [0.1, 0.15) is 51.4 Å². The minimum absolute atomic E-state index is 0.309. The van der Waals surface area contributed by atoms with Gasteiger partial charge >= 0.3 is 5.97 Å². The first kappa shape index (κ1) is 10.3. The quantitative estimate of drug-likeness (QED) is 0.535. The lowest BCUT2D eigenvalue weighted by Gasteiger charge is -2.12. The Labute approximate surface area is 79.6 Å². The van der Waals surface area contributed by atoms with Gasteiger partial charge in [-0.1, -0.05) is 18.1 Å². The average molecular weight is 182 g/mol. The van der Waals surface area contributed by atoms with Crippen molar-refractivity contribution in [1.29, 1.82) is 0 Å². The lowest BCUT2D eigenvalue weighted by Crippen LogP contribution is -1.95. The van der Waals surface area contributed by atoms with Gasteiger partial charge in [-0.25, -0.2) is 0 Å². The molecule has 0 aromatic carbocycles. The van der Waals surface area contributed by atoms with Gasteiger partial charge in [0, 0.05) is 6.42 Å². The highest BCUT2D eigenvalue weighted by atomic mass is 16.4. The fourth-order valence-electron chi connectivity index (χ4n) is 1.77. The summed E-state index contributed by atoms with van der Waals surface area (Å²) in [5, 5.41) is 8.43. The van der Waals surface area contributed by atoms with Crippen LogP contribution in [0.5, 0.6) is 0 Å². The molecular formula is C11H18O2. The van der Waals surface area contributed by atoms with Gasteiger partial charge in [0.2, 0.25) is 0 Å². The molecule has 0 aliphatic heterocycles. The van der Waals surface area contributed by atoms with E-state index in [4.69, 9.17) is 5.11 Å². The Hall–Kier alpha value is -0.790. The maximum atomic E-state index is 10.2. The number of unbranched alkanes of at least 4 members (excludes halogenated alkanes) is 1. The summed E-state index contributed by atoms with van der Waals surface area (Å²) in [6, 6.07) is 0. The van der Waals surface area contributed by atoms with Crippen LogP contribution in [-0.2, 0) is 4.79 Å². The van der Waals surface area contributed by atoms with Crippen LogP contribution in [0.3, 0.4) is 0 Å². The minimum atomic E-state index is -0.679. The molecule has 1 saturated carbocycles. The molecule has 0 saturated heterocycles. The molecule has 0 amide bonds. The molecule has 0 atom stereocenters. The van der Waals surface area contributed by atoms with E-state index in [2.05, 4.69) is 6.08 Å². The molecule has 1 aliphatic rings. The molecule has 0 aromatic heterocycles. The molecular weight excluding hydrogens is 164 g/mol. The third kappa shape index (κ3) is 4.71. The molecule has 2 heteroatoms. The Balaban J connectivity index is 2.11. The number of hydrogen-bond donors (Lipinski definition) is 1. The number of allylic oxidation sites excluding steroid dienone is 2. The number of carboxylic acid groups (broad SMARTS) is 1. The lowest BCUT2D eigenvalue weighted by molar-refractivity contribution is -0.137. The van der Waals surface area contributed by atoms with E-state index < -0.39 is 5.97 Å². The highest BCUT2D eigenvalue weighted by Crippen LogP contribution is 2.23. The third-order valence-electron chi connectivity index (χ3n) is 2.52. The summed E-state index contributed by atoms with van der Waals surface area (Å²) in [4.78, 5) is 10.2. The fourth-order valence-corrected chi connectivity index (χ4v) is 1.77. The number of carbonyl (C=O) groups is 1. The van der Waals surface area contributed by atoms with Gasteiger partial charge < -0.3 is 5.11 Å². The predicted octanol–water partition coefficient (Wildman–Crippen LogP) is 3.13. The molecule has 74 valence electrons. The largest absolute Gasteiger partial charge is 0.481 e. The first-order chi connectivity index (χ1) is 6.29. The van der Waals surface area contributed by atoms with Crippen molar-refractivity contribution in [2.75, 3.05) is 0 Å². The molecule has 1 aliphatic carbocycles. The molecule has 13 heavy (non-hydrogen) atoms. The van der Waals surface area contributed by atoms with Gasteiger partial charge in [0.15, 0.2) is 0 Å².